The van der Waals surface area contributed by atoms with Gasteiger partial charge in [-0.15, -0.1) is 0 Å². The zero-order valence-electron chi connectivity index (χ0n) is 11.6. The van der Waals surface area contributed by atoms with Crippen LogP contribution in [0.1, 0.15) is 22.7 Å². The predicted octanol–water partition coefficient (Wildman–Crippen LogP) is 3.82. The van der Waals surface area contributed by atoms with Crippen LogP contribution in [0.25, 0.3) is 0 Å². The number of halogens is 1. The third-order valence-electron chi connectivity index (χ3n) is 4.09. The van der Waals surface area contributed by atoms with Gasteiger partial charge in [0.15, 0.2) is 0 Å². The molecule has 0 saturated heterocycles. The van der Waals surface area contributed by atoms with E-state index in [2.05, 4.69) is 70.2 Å². The molecular formula is C17H19BrN2. The van der Waals surface area contributed by atoms with Crippen LogP contribution in [-0.2, 0) is 6.42 Å². The Morgan fingerprint density at radius 3 is 2.80 bits per heavy atom. The summed E-state index contributed by atoms with van der Waals surface area (Å²) in [5, 5.41) is 0. The SMILES string of the molecule is Cc1cc(C(CN)N2CCc3ccccc32)ccc1Br. The Morgan fingerprint density at radius 2 is 2.05 bits per heavy atom. The Balaban J connectivity index is 1.97. The Bertz CT molecular complexity index is 624. The van der Waals surface area contributed by atoms with Gasteiger partial charge in [-0.05, 0) is 42.2 Å². The third kappa shape index (κ3) is 2.36. The Morgan fingerprint density at radius 1 is 1.25 bits per heavy atom. The van der Waals surface area contributed by atoms with E-state index >= 15 is 0 Å². The molecule has 0 radical (unpaired) electrons. The monoisotopic (exact) mass is 330 g/mol. The lowest BCUT2D eigenvalue weighted by Gasteiger charge is -2.30. The van der Waals surface area contributed by atoms with Crippen molar-refractivity contribution in [2.75, 3.05) is 18.0 Å². The van der Waals surface area contributed by atoms with E-state index in [1.807, 2.05) is 0 Å². The molecule has 0 bridgehead atoms. The van der Waals surface area contributed by atoms with Crippen LogP contribution in [0.4, 0.5) is 5.69 Å². The first-order valence-electron chi connectivity index (χ1n) is 7.01. The molecule has 0 saturated carbocycles. The molecule has 2 nitrogen and oxygen atoms in total. The summed E-state index contributed by atoms with van der Waals surface area (Å²) in [4.78, 5) is 2.44. The van der Waals surface area contributed by atoms with Crippen LogP contribution in [0.3, 0.4) is 0 Å². The van der Waals surface area contributed by atoms with E-state index in [-0.39, 0.29) is 6.04 Å². The molecule has 0 fully saturated rings. The summed E-state index contributed by atoms with van der Waals surface area (Å²) in [7, 11) is 0. The molecule has 0 aliphatic carbocycles. The standard InChI is InChI=1S/C17H19BrN2/c1-12-10-14(6-7-15(12)18)17(11-19)20-9-8-13-4-2-3-5-16(13)20/h2-7,10,17H,8-9,11,19H2,1H3. The summed E-state index contributed by atoms with van der Waals surface area (Å²) in [6, 6.07) is 15.4. The molecule has 1 atom stereocenters. The van der Waals surface area contributed by atoms with Crippen LogP contribution in [0, 0.1) is 6.92 Å². The van der Waals surface area contributed by atoms with Gasteiger partial charge in [-0.1, -0.05) is 46.3 Å². The van der Waals surface area contributed by atoms with Crippen LogP contribution in [0.15, 0.2) is 46.9 Å². The highest BCUT2D eigenvalue weighted by molar-refractivity contribution is 9.10. The number of rotatable bonds is 3. The predicted molar refractivity (Wildman–Crippen MR) is 88.2 cm³/mol. The normalized spacial score (nSPS) is 15.2. The van der Waals surface area contributed by atoms with Gasteiger partial charge >= 0.3 is 0 Å². The maximum absolute atomic E-state index is 6.08. The molecule has 20 heavy (non-hydrogen) atoms. The highest BCUT2D eigenvalue weighted by atomic mass is 79.9. The molecule has 0 spiro atoms. The van der Waals surface area contributed by atoms with Crippen molar-refractivity contribution in [3.63, 3.8) is 0 Å². The minimum atomic E-state index is 0.255. The lowest BCUT2D eigenvalue weighted by atomic mass is 10.0. The highest BCUT2D eigenvalue weighted by Crippen LogP contribution is 2.35. The number of anilines is 1. The quantitative estimate of drug-likeness (QED) is 0.926. The van der Waals surface area contributed by atoms with Crippen LogP contribution >= 0.6 is 15.9 Å². The number of hydrogen-bond acceptors (Lipinski definition) is 2. The maximum atomic E-state index is 6.08. The first-order valence-corrected chi connectivity index (χ1v) is 7.80. The lowest BCUT2D eigenvalue weighted by molar-refractivity contribution is 0.648. The zero-order valence-corrected chi connectivity index (χ0v) is 13.2. The number of fused-ring (bicyclic) bond motifs is 1. The first-order chi connectivity index (χ1) is 9.70. The van der Waals surface area contributed by atoms with E-state index in [9.17, 15) is 0 Å². The summed E-state index contributed by atoms with van der Waals surface area (Å²) in [6.45, 7) is 3.81. The summed E-state index contributed by atoms with van der Waals surface area (Å²) < 4.78 is 1.15. The van der Waals surface area contributed by atoms with Gasteiger partial charge in [0.2, 0.25) is 0 Å². The largest absolute Gasteiger partial charge is 0.363 e. The lowest BCUT2D eigenvalue weighted by Crippen LogP contribution is -2.32. The number of nitrogens with two attached hydrogens (primary N) is 1. The number of aryl methyl sites for hydroxylation is 1. The molecule has 2 N–H and O–H groups in total. The molecule has 1 heterocycles. The van der Waals surface area contributed by atoms with Crippen molar-refractivity contribution in [1.82, 2.24) is 0 Å². The van der Waals surface area contributed by atoms with Crippen molar-refractivity contribution < 1.29 is 0 Å². The minimum absolute atomic E-state index is 0.255. The van der Waals surface area contributed by atoms with Crippen molar-refractivity contribution in [1.29, 1.82) is 0 Å². The van der Waals surface area contributed by atoms with Crippen molar-refractivity contribution in [2.24, 2.45) is 5.73 Å². The second-order valence-electron chi connectivity index (χ2n) is 5.33. The number of benzene rings is 2. The second kappa shape index (κ2) is 5.58. The molecule has 1 unspecified atom stereocenters. The van der Waals surface area contributed by atoms with Crippen LogP contribution in [-0.4, -0.2) is 13.1 Å². The van der Waals surface area contributed by atoms with Crippen LogP contribution in [0.5, 0.6) is 0 Å². The van der Waals surface area contributed by atoms with Crippen LogP contribution in [0.2, 0.25) is 0 Å². The molecule has 3 rings (SSSR count). The van der Waals surface area contributed by atoms with E-state index in [4.69, 9.17) is 5.73 Å². The van der Waals surface area contributed by atoms with Gasteiger partial charge in [0.25, 0.3) is 0 Å². The van der Waals surface area contributed by atoms with Crippen molar-refractivity contribution in [3.8, 4) is 0 Å². The van der Waals surface area contributed by atoms with Crippen molar-refractivity contribution >= 4 is 21.6 Å². The van der Waals surface area contributed by atoms with Gasteiger partial charge in [-0.3, -0.25) is 0 Å². The molecule has 3 heteroatoms. The second-order valence-corrected chi connectivity index (χ2v) is 6.19. The molecule has 0 amide bonds. The molecule has 0 aromatic heterocycles. The topological polar surface area (TPSA) is 29.3 Å². The highest BCUT2D eigenvalue weighted by Gasteiger charge is 2.26. The summed E-state index contributed by atoms with van der Waals surface area (Å²) in [5.41, 5.74) is 11.4. The fraction of sp³-hybridized carbons (Fsp3) is 0.294. The Hall–Kier alpha value is -1.32. The molecular weight excluding hydrogens is 312 g/mol. The van der Waals surface area contributed by atoms with Gasteiger partial charge < -0.3 is 10.6 Å². The van der Waals surface area contributed by atoms with Gasteiger partial charge in [0.05, 0.1) is 6.04 Å². The zero-order chi connectivity index (χ0) is 14.1. The van der Waals surface area contributed by atoms with Crippen molar-refractivity contribution in [2.45, 2.75) is 19.4 Å². The Labute approximate surface area is 128 Å². The van der Waals surface area contributed by atoms with Gasteiger partial charge in [0, 0.05) is 23.2 Å². The summed E-state index contributed by atoms with van der Waals surface area (Å²) in [6.07, 6.45) is 1.11. The molecule has 2 aromatic rings. The number of para-hydroxylation sites is 1. The van der Waals surface area contributed by atoms with Gasteiger partial charge in [-0.25, -0.2) is 0 Å². The number of hydrogen-bond donors (Lipinski definition) is 1. The van der Waals surface area contributed by atoms with E-state index in [1.165, 1.54) is 22.4 Å². The summed E-state index contributed by atoms with van der Waals surface area (Å²) in [5.74, 6) is 0. The average Bonchev–Trinajstić information content (AvgIpc) is 2.88. The summed E-state index contributed by atoms with van der Waals surface area (Å²) >= 11 is 3.56. The molecule has 1 aliphatic heterocycles. The minimum Gasteiger partial charge on any atom is -0.363 e. The van der Waals surface area contributed by atoms with Crippen LogP contribution < -0.4 is 10.6 Å². The average molecular weight is 331 g/mol. The third-order valence-corrected chi connectivity index (χ3v) is 4.98. The van der Waals surface area contributed by atoms with Crippen molar-refractivity contribution in [3.05, 3.63) is 63.6 Å². The molecule has 104 valence electrons. The maximum Gasteiger partial charge on any atom is 0.0665 e. The van der Waals surface area contributed by atoms with E-state index in [0.717, 1.165) is 17.4 Å². The Kier molecular flexibility index (Phi) is 3.81. The van der Waals surface area contributed by atoms with E-state index in [1.54, 1.807) is 0 Å². The van der Waals surface area contributed by atoms with E-state index in [0.29, 0.717) is 6.54 Å². The smallest absolute Gasteiger partial charge is 0.0665 e. The molecule has 1 aliphatic rings. The first kappa shape index (κ1) is 13.7. The molecule has 2 aromatic carbocycles. The fourth-order valence-electron chi connectivity index (χ4n) is 3.01. The fourth-order valence-corrected chi connectivity index (χ4v) is 3.25. The number of nitrogens with zero attached hydrogens (tertiary/aromatic N) is 1. The van der Waals surface area contributed by atoms with Gasteiger partial charge in [-0.2, -0.15) is 0 Å². The van der Waals surface area contributed by atoms with E-state index < -0.39 is 0 Å². The van der Waals surface area contributed by atoms with Gasteiger partial charge in [0.1, 0.15) is 0 Å².